The number of hydrogen-bond donors (Lipinski definition) is 1. The van der Waals surface area contributed by atoms with Gasteiger partial charge in [0, 0.05) is 31.4 Å². The van der Waals surface area contributed by atoms with Crippen molar-refractivity contribution >= 4 is 32.2 Å². The van der Waals surface area contributed by atoms with Crippen molar-refractivity contribution in [2.75, 3.05) is 37.4 Å². The molecule has 2 heterocycles. The third-order valence-corrected chi connectivity index (χ3v) is 6.80. The Balaban J connectivity index is 1.49. The van der Waals surface area contributed by atoms with Crippen LogP contribution in [0.15, 0.2) is 34.5 Å². The van der Waals surface area contributed by atoms with E-state index in [1.54, 1.807) is 24.3 Å². The number of thiazole rings is 1. The number of aromatic nitrogens is 1. The van der Waals surface area contributed by atoms with E-state index in [0.29, 0.717) is 5.13 Å². The Labute approximate surface area is 163 Å². The second kappa shape index (κ2) is 8.92. The molecule has 1 fully saturated rings. The summed E-state index contributed by atoms with van der Waals surface area (Å²) in [7, 11) is -3.47. The number of rotatable bonds is 7. The highest BCUT2D eigenvalue weighted by atomic mass is 32.2. The van der Waals surface area contributed by atoms with Crippen molar-refractivity contribution in [3.05, 3.63) is 40.9 Å². The van der Waals surface area contributed by atoms with Crippen molar-refractivity contribution in [1.82, 2.24) is 9.88 Å². The van der Waals surface area contributed by atoms with E-state index >= 15 is 0 Å². The number of carbonyl (C=O) groups excluding carboxylic acids is 1. The van der Waals surface area contributed by atoms with Crippen LogP contribution in [0.4, 0.5) is 5.13 Å². The summed E-state index contributed by atoms with van der Waals surface area (Å²) in [5, 5.41) is 5.10. The molecular weight excluding hydrogens is 386 g/mol. The van der Waals surface area contributed by atoms with Gasteiger partial charge in [0.2, 0.25) is 5.91 Å². The van der Waals surface area contributed by atoms with Gasteiger partial charge in [-0.3, -0.25) is 9.69 Å². The normalized spacial score (nSPS) is 15.6. The molecule has 7 nitrogen and oxygen atoms in total. The number of nitrogens with one attached hydrogen (secondary N) is 1. The van der Waals surface area contributed by atoms with Gasteiger partial charge in [-0.15, -0.1) is 11.3 Å². The van der Waals surface area contributed by atoms with Crippen LogP contribution < -0.4 is 5.32 Å². The average Bonchev–Trinajstić information content (AvgIpc) is 3.08. The van der Waals surface area contributed by atoms with Gasteiger partial charge in [-0.2, -0.15) is 0 Å². The van der Waals surface area contributed by atoms with Gasteiger partial charge in [0.05, 0.1) is 29.6 Å². The van der Waals surface area contributed by atoms with Crippen LogP contribution in [0.2, 0.25) is 0 Å². The number of nitrogens with zero attached hydrogens (tertiary/aromatic N) is 2. The van der Waals surface area contributed by atoms with E-state index in [-0.39, 0.29) is 23.0 Å². The van der Waals surface area contributed by atoms with E-state index in [2.05, 4.69) is 15.2 Å². The molecule has 2 aromatic rings. The maximum atomic E-state index is 12.3. The minimum atomic E-state index is -3.47. The van der Waals surface area contributed by atoms with Crippen LogP contribution in [0.3, 0.4) is 0 Å². The van der Waals surface area contributed by atoms with Gasteiger partial charge >= 0.3 is 0 Å². The Hall–Kier alpha value is -1.81. The third kappa shape index (κ3) is 5.83. The lowest BCUT2D eigenvalue weighted by Crippen LogP contribution is -2.35. The number of aryl methyl sites for hydroxylation is 1. The molecule has 1 aromatic carbocycles. The molecule has 1 aliphatic rings. The molecule has 27 heavy (non-hydrogen) atoms. The summed E-state index contributed by atoms with van der Waals surface area (Å²) >= 11 is 1.35. The topological polar surface area (TPSA) is 88.6 Å². The zero-order chi connectivity index (χ0) is 19.3. The number of carbonyl (C=O) groups is 1. The Morgan fingerprint density at radius 3 is 2.67 bits per heavy atom. The minimum Gasteiger partial charge on any atom is -0.379 e. The summed E-state index contributed by atoms with van der Waals surface area (Å²) < 4.78 is 30.0. The molecule has 1 saturated heterocycles. The third-order valence-electron chi connectivity index (χ3n) is 4.27. The Morgan fingerprint density at radius 1 is 1.26 bits per heavy atom. The fourth-order valence-corrected chi connectivity index (χ4v) is 4.66. The van der Waals surface area contributed by atoms with Gasteiger partial charge in [-0.05, 0) is 19.1 Å². The highest BCUT2D eigenvalue weighted by Crippen LogP contribution is 2.18. The SMILES string of the molecule is Cc1ccc(S(=O)(=O)CCC(=O)Nc2nc(CN3CCOCC3)cs2)cc1. The molecule has 0 unspecified atom stereocenters. The van der Waals surface area contributed by atoms with Crippen LogP contribution in [0.5, 0.6) is 0 Å². The van der Waals surface area contributed by atoms with E-state index in [4.69, 9.17) is 4.74 Å². The van der Waals surface area contributed by atoms with Gasteiger partial charge in [0.25, 0.3) is 0 Å². The van der Waals surface area contributed by atoms with E-state index < -0.39 is 9.84 Å². The molecule has 9 heteroatoms. The van der Waals surface area contributed by atoms with Crippen molar-refractivity contribution in [1.29, 1.82) is 0 Å². The molecule has 0 atom stereocenters. The molecule has 0 bridgehead atoms. The summed E-state index contributed by atoms with van der Waals surface area (Å²) in [6.07, 6.45) is -0.103. The zero-order valence-electron chi connectivity index (χ0n) is 15.2. The molecule has 1 aliphatic heterocycles. The number of sulfone groups is 1. The first kappa shape index (κ1) is 19.9. The summed E-state index contributed by atoms with van der Waals surface area (Å²) in [5.74, 6) is -0.577. The first-order chi connectivity index (χ1) is 12.9. The number of benzene rings is 1. The standard InChI is InChI=1S/C18H23N3O4S2/c1-14-2-4-16(5-3-14)27(23,24)11-6-17(22)20-18-19-15(13-26-18)12-21-7-9-25-10-8-21/h2-5,13H,6-12H2,1H3,(H,19,20,22). The number of anilines is 1. The van der Waals surface area contributed by atoms with Crippen LogP contribution in [0.25, 0.3) is 0 Å². The first-order valence-corrected chi connectivity index (χ1v) is 11.3. The second-order valence-corrected chi connectivity index (χ2v) is 9.43. The van der Waals surface area contributed by atoms with Crippen LogP contribution >= 0.6 is 11.3 Å². The summed E-state index contributed by atoms with van der Waals surface area (Å²) in [6, 6.07) is 6.64. The molecule has 0 saturated carbocycles. The van der Waals surface area contributed by atoms with Crippen LogP contribution in [-0.4, -0.2) is 56.3 Å². The molecule has 1 N–H and O–H groups in total. The summed E-state index contributed by atoms with van der Waals surface area (Å²) in [6.45, 7) is 5.81. The maximum Gasteiger partial charge on any atom is 0.227 e. The fraction of sp³-hybridized carbons (Fsp3) is 0.444. The molecule has 0 aliphatic carbocycles. The average molecular weight is 410 g/mol. The highest BCUT2D eigenvalue weighted by molar-refractivity contribution is 7.91. The predicted octanol–water partition coefficient (Wildman–Crippen LogP) is 2.09. The van der Waals surface area contributed by atoms with Gasteiger partial charge < -0.3 is 10.1 Å². The quantitative estimate of drug-likeness (QED) is 0.753. The zero-order valence-corrected chi connectivity index (χ0v) is 16.8. The van der Waals surface area contributed by atoms with Crippen molar-refractivity contribution in [3.8, 4) is 0 Å². The fourth-order valence-electron chi connectivity index (χ4n) is 2.70. The van der Waals surface area contributed by atoms with E-state index in [0.717, 1.165) is 44.1 Å². The molecule has 1 aromatic heterocycles. The molecule has 146 valence electrons. The molecule has 0 radical (unpaired) electrons. The van der Waals surface area contributed by atoms with Gasteiger partial charge in [0.15, 0.2) is 15.0 Å². The Bertz CT molecular complexity index is 872. The number of amides is 1. The van der Waals surface area contributed by atoms with Crippen molar-refractivity contribution < 1.29 is 17.9 Å². The number of morpholine rings is 1. The van der Waals surface area contributed by atoms with Crippen LogP contribution in [-0.2, 0) is 25.9 Å². The van der Waals surface area contributed by atoms with Crippen molar-refractivity contribution in [2.24, 2.45) is 0 Å². The largest absolute Gasteiger partial charge is 0.379 e. The smallest absolute Gasteiger partial charge is 0.227 e. The van der Waals surface area contributed by atoms with Gasteiger partial charge in [0.1, 0.15) is 0 Å². The maximum absolute atomic E-state index is 12.3. The summed E-state index contributed by atoms with van der Waals surface area (Å²) in [5.41, 5.74) is 1.88. The van der Waals surface area contributed by atoms with Gasteiger partial charge in [-0.25, -0.2) is 13.4 Å². The predicted molar refractivity (Wildman–Crippen MR) is 105 cm³/mol. The molecular formula is C18H23N3O4S2. The highest BCUT2D eigenvalue weighted by Gasteiger charge is 2.17. The summed E-state index contributed by atoms with van der Waals surface area (Å²) in [4.78, 5) is 19.0. The van der Waals surface area contributed by atoms with E-state index in [1.165, 1.54) is 11.3 Å². The first-order valence-electron chi connectivity index (χ1n) is 8.76. The molecule has 0 spiro atoms. The van der Waals surface area contributed by atoms with E-state index in [1.807, 2.05) is 12.3 Å². The monoisotopic (exact) mass is 409 g/mol. The number of ether oxygens (including phenoxy) is 1. The van der Waals surface area contributed by atoms with E-state index in [9.17, 15) is 13.2 Å². The second-order valence-electron chi connectivity index (χ2n) is 6.46. The van der Waals surface area contributed by atoms with Crippen LogP contribution in [0.1, 0.15) is 17.7 Å². The van der Waals surface area contributed by atoms with Crippen molar-refractivity contribution in [3.63, 3.8) is 0 Å². The molecule has 1 amide bonds. The lowest BCUT2D eigenvalue weighted by molar-refractivity contribution is -0.115. The lowest BCUT2D eigenvalue weighted by atomic mass is 10.2. The number of hydrogen-bond acceptors (Lipinski definition) is 7. The Kier molecular flexibility index (Phi) is 6.59. The Morgan fingerprint density at radius 2 is 1.96 bits per heavy atom. The van der Waals surface area contributed by atoms with Gasteiger partial charge in [-0.1, -0.05) is 17.7 Å². The lowest BCUT2D eigenvalue weighted by Gasteiger charge is -2.25. The van der Waals surface area contributed by atoms with Crippen LogP contribution in [0, 0.1) is 6.92 Å². The molecule has 3 rings (SSSR count). The van der Waals surface area contributed by atoms with Crippen molar-refractivity contribution in [2.45, 2.75) is 24.8 Å². The minimum absolute atomic E-state index is 0.103.